The summed E-state index contributed by atoms with van der Waals surface area (Å²) in [5, 5.41) is 11.4. The summed E-state index contributed by atoms with van der Waals surface area (Å²) in [7, 11) is 0. The normalized spacial score (nSPS) is 23.8. The van der Waals surface area contributed by atoms with Crippen LogP contribution in [0.25, 0.3) is 0 Å². The molecule has 10 heteroatoms. The lowest BCUT2D eigenvalue weighted by Gasteiger charge is -2.38. The summed E-state index contributed by atoms with van der Waals surface area (Å²) in [5.41, 5.74) is 0.763. The largest absolute Gasteiger partial charge is 0.447 e. The van der Waals surface area contributed by atoms with E-state index in [2.05, 4.69) is 5.32 Å². The van der Waals surface area contributed by atoms with Gasteiger partial charge in [-0.1, -0.05) is 0 Å². The first-order valence-electron chi connectivity index (χ1n) is 10.6. The van der Waals surface area contributed by atoms with E-state index in [1.807, 2.05) is 17.9 Å². The van der Waals surface area contributed by atoms with E-state index in [4.69, 9.17) is 14.7 Å². The van der Waals surface area contributed by atoms with Crippen LogP contribution in [0.15, 0.2) is 18.2 Å². The first kappa shape index (κ1) is 23.3. The third kappa shape index (κ3) is 5.28. The van der Waals surface area contributed by atoms with Gasteiger partial charge in [0, 0.05) is 19.5 Å². The van der Waals surface area contributed by atoms with Crippen molar-refractivity contribution in [3.05, 3.63) is 24.0 Å². The Labute approximate surface area is 186 Å². The third-order valence-corrected chi connectivity index (χ3v) is 5.69. The third-order valence-electron chi connectivity index (χ3n) is 5.69. The van der Waals surface area contributed by atoms with Gasteiger partial charge in [-0.3, -0.25) is 14.5 Å². The Morgan fingerprint density at radius 1 is 1.44 bits per heavy atom. The first-order valence-corrected chi connectivity index (χ1v) is 10.6. The molecule has 1 N–H and O–H groups in total. The molecule has 32 heavy (non-hydrogen) atoms. The van der Waals surface area contributed by atoms with Crippen LogP contribution >= 0.6 is 0 Å². The molecule has 4 atom stereocenters. The van der Waals surface area contributed by atoms with Crippen LogP contribution < -0.4 is 15.1 Å². The number of rotatable bonds is 6. The van der Waals surface area contributed by atoms with Crippen molar-refractivity contribution in [2.75, 3.05) is 29.4 Å². The summed E-state index contributed by atoms with van der Waals surface area (Å²) < 4.78 is 25.3. The van der Waals surface area contributed by atoms with Crippen LogP contribution in [0, 0.1) is 23.1 Å². The molecule has 2 fully saturated rings. The van der Waals surface area contributed by atoms with Crippen LogP contribution in [0.5, 0.6) is 0 Å². The number of carbonyl (C=O) groups excluding carboxylic acids is 3. The van der Waals surface area contributed by atoms with Crippen molar-refractivity contribution in [3.8, 4) is 6.07 Å². The van der Waals surface area contributed by atoms with Crippen molar-refractivity contribution in [1.29, 1.82) is 5.26 Å². The Bertz CT molecular complexity index is 933. The number of piperidine rings is 1. The molecule has 9 nitrogen and oxygen atoms in total. The molecule has 0 radical (unpaired) electrons. The monoisotopic (exact) mass is 446 g/mol. The number of ether oxygens (including phenoxy) is 2. The van der Waals surface area contributed by atoms with Crippen LogP contribution in [0.3, 0.4) is 0 Å². The number of nitrogens with one attached hydrogen (secondary N) is 1. The predicted molar refractivity (Wildman–Crippen MR) is 113 cm³/mol. The van der Waals surface area contributed by atoms with Crippen molar-refractivity contribution in [1.82, 2.24) is 5.32 Å². The predicted octanol–water partition coefficient (Wildman–Crippen LogP) is 2.35. The molecule has 0 spiro atoms. The molecule has 0 bridgehead atoms. The van der Waals surface area contributed by atoms with Gasteiger partial charge in [-0.25, -0.2) is 9.18 Å². The lowest BCUT2D eigenvalue weighted by molar-refractivity contribution is -0.151. The van der Waals surface area contributed by atoms with E-state index in [1.54, 1.807) is 12.1 Å². The van der Waals surface area contributed by atoms with Gasteiger partial charge in [0.1, 0.15) is 18.0 Å². The highest BCUT2D eigenvalue weighted by Crippen LogP contribution is 2.33. The zero-order valence-corrected chi connectivity index (χ0v) is 18.3. The quantitative estimate of drug-likeness (QED) is 0.668. The van der Waals surface area contributed by atoms with Gasteiger partial charge in [-0.2, -0.15) is 5.26 Å². The molecule has 2 amide bonds. The molecule has 0 aliphatic carbocycles. The Balaban J connectivity index is 1.64. The van der Waals surface area contributed by atoms with Crippen LogP contribution in [-0.2, 0) is 19.1 Å². The van der Waals surface area contributed by atoms with Crippen molar-refractivity contribution in [2.45, 2.75) is 51.9 Å². The molecule has 0 aromatic heterocycles. The SMILES string of the molecule is CC(=O)NCC1CN(c2ccc(N3CCC(C(=O)OC(C)C#N)CC3C)c(F)c2)C(=O)O1. The number of halogens is 1. The zero-order valence-electron chi connectivity index (χ0n) is 18.3. The van der Waals surface area contributed by atoms with Crippen LogP contribution in [-0.4, -0.2) is 55.9 Å². The summed E-state index contributed by atoms with van der Waals surface area (Å²) in [6, 6.07) is 6.33. The van der Waals surface area contributed by atoms with E-state index < -0.39 is 30.1 Å². The van der Waals surface area contributed by atoms with E-state index >= 15 is 4.39 Å². The van der Waals surface area contributed by atoms with E-state index in [0.29, 0.717) is 30.8 Å². The Hall–Kier alpha value is -3.35. The van der Waals surface area contributed by atoms with Gasteiger partial charge in [-0.05, 0) is 44.9 Å². The molecular formula is C22H27FN4O5. The lowest BCUT2D eigenvalue weighted by Crippen LogP contribution is -2.44. The molecule has 0 saturated carbocycles. The number of nitriles is 1. The van der Waals surface area contributed by atoms with Crippen molar-refractivity contribution < 1.29 is 28.2 Å². The number of amides is 2. The molecule has 2 aliphatic heterocycles. The Morgan fingerprint density at radius 3 is 2.81 bits per heavy atom. The second-order valence-corrected chi connectivity index (χ2v) is 8.16. The maximum absolute atomic E-state index is 15.0. The summed E-state index contributed by atoms with van der Waals surface area (Å²) >= 11 is 0. The molecule has 4 unspecified atom stereocenters. The molecule has 2 saturated heterocycles. The molecular weight excluding hydrogens is 419 g/mol. The summed E-state index contributed by atoms with van der Waals surface area (Å²) in [4.78, 5) is 38.7. The number of nitrogens with zero attached hydrogens (tertiary/aromatic N) is 3. The fraction of sp³-hybridized carbons (Fsp3) is 0.545. The Kier molecular flexibility index (Phi) is 7.18. The second-order valence-electron chi connectivity index (χ2n) is 8.16. The summed E-state index contributed by atoms with van der Waals surface area (Å²) in [6.07, 6.45) is -0.910. The van der Waals surface area contributed by atoms with E-state index in [9.17, 15) is 14.4 Å². The number of hydrogen-bond donors (Lipinski definition) is 1. The number of cyclic esters (lactones) is 1. The van der Waals surface area contributed by atoms with Crippen LogP contribution in [0.2, 0.25) is 0 Å². The highest BCUT2D eigenvalue weighted by molar-refractivity contribution is 5.90. The fourth-order valence-corrected chi connectivity index (χ4v) is 4.03. The zero-order chi connectivity index (χ0) is 23.4. The highest BCUT2D eigenvalue weighted by Gasteiger charge is 2.35. The minimum absolute atomic E-state index is 0.113. The van der Waals surface area contributed by atoms with E-state index in [0.717, 1.165) is 0 Å². The molecule has 1 aromatic carbocycles. The number of esters is 1. The number of hydrogen-bond acceptors (Lipinski definition) is 7. The lowest BCUT2D eigenvalue weighted by atomic mass is 9.91. The second kappa shape index (κ2) is 9.85. The Morgan fingerprint density at radius 2 is 2.19 bits per heavy atom. The van der Waals surface area contributed by atoms with E-state index in [1.165, 1.54) is 24.8 Å². The average molecular weight is 446 g/mol. The minimum atomic E-state index is -0.795. The number of anilines is 2. The van der Waals surface area contributed by atoms with Gasteiger partial charge in [0.25, 0.3) is 0 Å². The van der Waals surface area contributed by atoms with Crippen LogP contribution in [0.4, 0.5) is 20.6 Å². The smallest absolute Gasteiger partial charge is 0.414 e. The van der Waals surface area contributed by atoms with E-state index in [-0.39, 0.29) is 31.0 Å². The summed E-state index contributed by atoms with van der Waals surface area (Å²) in [6.45, 7) is 5.67. The van der Waals surface area contributed by atoms with Gasteiger partial charge in [0.15, 0.2) is 6.10 Å². The van der Waals surface area contributed by atoms with Crippen molar-refractivity contribution >= 4 is 29.3 Å². The maximum Gasteiger partial charge on any atom is 0.414 e. The van der Waals surface area contributed by atoms with Gasteiger partial charge in [0.2, 0.25) is 5.91 Å². The minimum Gasteiger partial charge on any atom is -0.447 e. The van der Waals surface area contributed by atoms with Crippen molar-refractivity contribution in [3.63, 3.8) is 0 Å². The topological polar surface area (TPSA) is 112 Å². The first-order chi connectivity index (χ1) is 15.2. The standard InChI is InChI=1S/C22H27FN4O5/c1-13-8-16(21(29)31-14(2)10-24)6-7-26(13)20-5-4-17(9-19(20)23)27-12-18(32-22(27)30)11-25-15(3)28/h4-5,9,13-14,16,18H,6-8,11-12H2,1-3H3,(H,25,28). The van der Waals surface area contributed by atoms with Gasteiger partial charge in [0.05, 0.1) is 30.4 Å². The van der Waals surface area contributed by atoms with Gasteiger partial charge in [-0.15, -0.1) is 0 Å². The van der Waals surface area contributed by atoms with Gasteiger partial charge >= 0.3 is 12.1 Å². The molecule has 1 aromatic rings. The maximum atomic E-state index is 15.0. The number of carbonyl (C=O) groups is 3. The number of benzene rings is 1. The van der Waals surface area contributed by atoms with Gasteiger partial charge < -0.3 is 19.7 Å². The molecule has 3 rings (SSSR count). The molecule has 2 aliphatic rings. The van der Waals surface area contributed by atoms with Crippen LogP contribution in [0.1, 0.15) is 33.6 Å². The van der Waals surface area contributed by atoms with Crippen molar-refractivity contribution in [2.24, 2.45) is 5.92 Å². The molecule has 172 valence electrons. The summed E-state index contributed by atoms with van der Waals surface area (Å²) in [5.74, 6) is -1.44. The highest BCUT2D eigenvalue weighted by atomic mass is 19.1. The fourth-order valence-electron chi connectivity index (χ4n) is 4.03. The molecule has 2 heterocycles. The average Bonchev–Trinajstić information content (AvgIpc) is 3.12.